The minimum Gasteiger partial charge on any atom is -0.496 e. The number of aromatic carboxylic acids is 1. The van der Waals surface area contributed by atoms with Gasteiger partial charge in [0.2, 0.25) is 11.7 Å². The average Bonchev–Trinajstić information content (AvgIpc) is 3.57. The van der Waals surface area contributed by atoms with Crippen molar-refractivity contribution in [2.24, 2.45) is 0 Å². The van der Waals surface area contributed by atoms with Crippen LogP contribution in [-0.4, -0.2) is 44.1 Å². The molecule has 3 aromatic heterocycles. The van der Waals surface area contributed by atoms with Crippen molar-refractivity contribution in [1.29, 1.82) is 0 Å². The van der Waals surface area contributed by atoms with Crippen LogP contribution >= 0.6 is 23.2 Å². The Morgan fingerprint density at radius 3 is 2.40 bits per heavy atom. The molecule has 0 aliphatic heterocycles. The molecule has 4 aliphatic rings. The highest BCUT2D eigenvalue weighted by Gasteiger charge is 2.53. The second-order valence-corrected chi connectivity index (χ2v) is 12.4. The molecule has 0 atom stereocenters. The lowest BCUT2D eigenvalue weighted by atomic mass is 9.58. The van der Waals surface area contributed by atoms with Gasteiger partial charge < -0.3 is 23.6 Å². The van der Waals surface area contributed by atoms with Crippen molar-refractivity contribution in [3.05, 3.63) is 63.2 Å². The molecule has 4 saturated carbocycles. The van der Waals surface area contributed by atoms with Gasteiger partial charge in [0.15, 0.2) is 5.82 Å². The lowest BCUT2D eigenvalue weighted by molar-refractivity contribution is -0.130. The third-order valence-electron chi connectivity index (χ3n) is 9.22. The highest BCUT2D eigenvalue weighted by Crippen LogP contribution is 2.55. The quantitative estimate of drug-likeness (QED) is 0.200. The summed E-state index contributed by atoms with van der Waals surface area (Å²) >= 11 is 12.9. The Labute approximate surface area is 255 Å². The number of pyridine rings is 1. The first-order valence-electron chi connectivity index (χ1n) is 14.1. The molecule has 0 radical (unpaired) electrons. The highest BCUT2D eigenvalue weighted by molar-refractivity contribution is 6.38. The van der Waals surface area contributed by atoms with Crippen molar-refractivity contribution >= 4 is 29.2 Å². The molecule has 4 fully saturated rings. The number of ether oxygens (including phenoxy) is 2. The van der Waals surface area contributed by atoms with Crippen LogP contribution in [0, 0.1) is 5.82 Å². The number of hydrogen-bond donors (Lipinski definition) is 1. The third-order valence-corrected chi connectivity index (χ3v) is 9.79. The predicted octanol–water partition coefficient (Wildman–Crippen LogP) is 7.38. The first-order chi connectivity index (χ1) is 20.7. The van der Waals surface area contributed by atoms with Gasteiger partial charge in [-0.25, -0.2) is 9.18 Å². The van der Waals surface area contributed by atoms with Gasteiger partial charge in [-0.2, -0.15) is 4.98 Å². The van der Waals surface area contributed by atoms with Crippen LogP contribution in [0.4, 0.5) is 4.39 Å². The van der Waals surface area contributed by atoms with E-state index in [1.165, 1.54) is 31.6 Å². The molecule has 1 N–H and O–H groups in total. The van der Waals surface area contributed by atoms with Crippen molar-refractivity contribution < 1.29 is 32.8 Å². The molecule has 0 amide bonds. The van der Waals surface area contributed by atoms with E-state index >= 15 is 4.39 Å². The Morgan fingerprint density at radius 2 is 1.77 bits per heavy atom. The number of hydrogen-bond acceptors (Lipinski definition) is 9. The van der Waals surface area contributed by atoms with Crippen LogP contribution in [0.2, 0.25) is 10.0 Å². The molecule has 4 aliphatic carbocycles. The SMILES string of the molecule is COc1ccc(-c2noc(C34CCC(OCc5c(-c6c(Cl)cncc6Cl)noc5C5CC5)(CC3)CC4)n2)c(F)c1C(=O)O. The second-order valence-electron chi connectivity index (χ2n) is 11.6. The molecule has 8 rings (SSSR count). The maximum atomic E-state index is 15.2. The molecule has 43 heavy (non-hydrogen) atoms. The summed E-state index contributed by atoms with van der Waals surface area (Å²) in [6, 6.07) is 2.78. The molecule has 2 bridgehead atoms. The van der Waals surface area contributed by atoms with Gasteiger partial charge >= 0.3 is 5.97 Å². The molecular weight excluding hydrogens is 602 g/mol. The third kappa shape index (κ3) is 4.78. The van der Waals surface area contributed by atoms with Crippen LogP contribution in [0.25, 0.3) is 22.6 Å². The van der Waals surface area contributed by atoms with Crippen LogP contribution in [0.5, 0.6) is 5.75 Å². The van der Waals surface area contributed by atoms with E-state index in [9.17, 15) is 9.90 Å². The number of aromatic nitrogens is 4. The van der Waals surface area contributed by atoms with Gasteiger partial charge in [-0.1, -0.05) is 33.5 Å². The number of carboxylic acids is 1. The lowest BCUT2D eigenvalue weighted by Crippen LogP contribution is -2.49. The van der Waals surface area contributed by atoms with Crippen LogP contribution in [0.1, 0.15) is 84.9 Å². The minimum absolute atomic E-state index is 0.00622. The summed E-state index contributed by atoms with van der Waals surface area (Å²) < 4.78 is 38.4. The molecule has 0 saturated heterocycles. The molecular formula is C30H27Cl2FN4O6. The number of methoxy groups -OCH3 is 1. The fourth-order valence-corrected chi connectivity index (χ4v) is 7.07. The molecule has 0 unspecified atom stereocenters. The summed E-state index contributed by atoms with van der Waals surface area (Å²) in [4.78, 5) is 20.3. The topological polar surface area (TPSA) is 134 Å². The Morgan fingerprint density at radius 1 is 1.07 bits per heavy atom. The van der Waals surface area contributed by atoms with Crippen LogP contribution < -0.4 is 4.74 Å². The normalized spacial score (nSPS) is 23.1. The van der Waals surface area contributed by atoms with E-state index in [0.29, 0.717) is 39.7 Å². The van der Waals surface area contributed by atoms with E-state index in [-0.39, 0.29) is 28.2 Å². The van der Waals surface area contributed by atoms with Crippen LogP contribution in [-0.2, 0) is 16.8 Å². The first-order valence-corrected chi connectivity index (χ1v) is 14.9. The maximum Gasteiger partial charge on any atom is 0.342 e. The summed E-state index contributed by atoms with van der Waals surface area (Å²) in [5, 5.41) is 18.7. The molecule has 10 nitrogen and oxygen atoms in total. The fraction of sp³-hybridized carbons (Fsp3) is 0.433. The summed E-state index contributed by atoms with van der Waals surface area (Å²) in [7, 11) is 1.28. The Kier molecular flexibility index (Phi) is 6.94. The number of nitrogens with zero attached hydrogens (tertiary/aromatic N) is 4. The van der Waals surface area contributed by atoms with Crippen molar-refractivity contribution in [3.63, 3.8) is 0 Å². The largest absolute Gasteiger partial charge is 0.496 e. The van der Waals surface area contributed by atoms with E-state index in [1.54, 1.807) is 0 Å². The zero-order valence-corrected chi connectivity index (χ0v) is 24.7. The summed E-state index contributed by atoms with van der Waals surface area (Å²) in [5.74, 6) is -0.911. The molecule has 224 valence electrons. The first kappa shape index (κ1) is 28.2. The minimum atomic E-state index is -1.44. The molecule has 4 aromatic rings. The number of rotatable bonds is 9. The van der Waals surface area contributed by atoms with E-state index in [0.717, 1.165) is 62.7 Å². The van der Waals surface area contributed by atoms with Crippen LogP contribution in [0.15, 0.2) is 33.6 Å². The summed E-state index contributed by atoms with van der Waals surface area (Å²) in [6.07, 6.45) is 9.76. The number of fused-ring (bicyclic) bond motifs is 3. The Balaban J connectivity index is 1.10. The van der Waals surface area contributed by atoms with E-state index < -0.39 is 17.3 Å². The highest BCUT2D eigenvalue weighted by atomic mass is 35.5. The van der Waals surface area contributed by atoms with E-state index in [4.69, 9.17) is 41.7 Å². The van der Waals surface area contributed by atoms with Crippen molar-refractivity contribution in [3.8, 4) is 28.4 Å². The average molecular weight is 629 g/mol. The predicted molar refractivity (Wildman–Crippen MR) is 152 cm³/mol. The van der Waals surface area contributed by atoms with Gasteiger partial charge in [-0.05, 0) is 63.5 Å². The number of benzene rings is 1. The Hall–Kier alpha value is -3.54. The molecule has 1 aromatic carbocycles. The molecule has 13 heteroatoms. The Bertz CT molecular complexity index is 1690. The number of carbonyl (C=O) groups is 1. The smallest absolute Gasteiger partial charge is 0.342 e. The lowest BCUT2D eigenvalue weighted by Gasteiger charge is -2.51. The van der Waals surface area contributed by atoms with Gasteiger partial charge in [0.1, 0.15) is 22.8 Å². The standard InChI is InChI=1S/C30H27Cl2FN4O6/c1-40-20-5-4-16(23(33)22(20)27(38)39)26-35-28(43-37-26)29-6-9-30(10-7-29,11-8-29)41-14-17-24(36-42-25(17)15-2-3-15)21-18(31)12-34-13-19(21)32/h4-5,12-13,15H,2-3,6-11,14H2,1H3,(H,38,39). The maximum absolute atomic E-state index is 15.2. The summed E-state index contributed by atoms with van der Waals surface area (Å²) in [5.41, 5.74) is 0.742. The number of carboxylic acid groups (broad SMARTS) is 1. The van der Waals surface area contributed by atoms with Crippen molar-refractivity contribution in [1.82, 2.24) is 20.3 Å². The van der Waals surface area contributed by atoms with Gasteiger partial charge in [0.25, 0.3) is 0 Å². The van der Waals surface area contributed by atoms with Crippen molar-refractivity contribution in [2.75, 3.05) is 7.11 Å². The zero-order chi connectivity index (χ0) is 29.9. The number of halogens is 3. The van der Waals surface area contributed by atoms with E-state index in [1.807, 2.05) is 0 Å². The second kappa shape index (κ2) is 10.6. The summed E-state index contributed by atoms with van der Waals surface area (Å²) in [6.45, 7) is 0.319. The monoisotopic (exact) mass is 628 g/mol. The van der Waals surface area contributed by atoms with Crippen molar-refractivity contribution in [2.45, 2.75) is 74.9 Å². The van der Waals surface area contributed by atoms with Gasteiger partial charge in [0, 0.05) is 29.4 Å². The molecule has 3 heterocycles. The van der Waals surface area contributed by atoms with Crippen LogP contribution in [0.3, 0.4) is 0 Å². The van der Waals surface area contributed by atoms with Gasteiger partial charge in [-0.15, -0.1) is 0 Å². The fourth-order valence-electron chi connectivity index (χ4n) is 6.52. The zero-order valence-electron chi connectivity index (χ0n) is 23.2. The molecule has 0 spiro atoms. The van der Waals surface area contributed by atoms with E-state index in [2.05, 4.69) is 20.3 Å². The van der Waals surface area contributed by atoms with Gasteiger partial charge in [0.05, 0.1) is 40.3 Å². The van der Waals surface area contributed by atoms with Gasteiger partial charge in [-0.3, -0.25) is 4.98 Å².